The Labute approximate surface area is 216 Å². The van der Waals surface area contributed by atoms with E-state index in [1.54, 1.807) is 31.1 Å². The number of nitrogens with zero attached hydrogens (tertiary/aromatic N) is 3. The largest absolute Gasteiger partial charge is 0.479 e. The number of fused-ring (bicyclic) bond motifs is 1. The van der Waals surface area contributed by atoms with E-state index in [4.69, 9.17) is 9.47 Å². The Morgan fingerprint density at radius 2 is 1.97 bits per heavy atom. The lowest BCUT2D eigenvalue weighted by atomic mass is 10.1. The highest BCUT2D eigenvalue weighted by Crippen LogP contribution is 2.33. The molecule has 1 amide bonds. The number of likely N-dealkylation sites (tertiary alicyclic amines) is 1. The molecule has 198 valence electrons. The van der Waals surface area contributed by atoms with E-state index in [-0.39, 0.29) is 17.8 Å². The molecule has 0 spiro atoms. The molecule has 1 aliphatic rings. The van der Waals surface area contributed by atoms with Crippen molar-refractivity contribution in [2.24, 2.45) is 0 Å². The Kier molecular flexibility index (Phi) is 7.84. The van der Waals surface area contributed by atoms with Gasteiger partial charge in [-0.05, 0) is 62.4 Å². The lowest BCUT2D eigenvalue weighted by Crippen LogP contribution is -2.46. The Morgan fingerprint density at radius 1 is 1.24 bits per heavy atom. The predicted molar refractivity (Wildman–Crippen MR) is 145 cm³/mol. The molecule has 1 saturated heterocycles. The third-order valence-corrected chi connectivity index (χ3v) is 6.87. The number of methoxy groups -OCH3 is 1. The van der Waals surface area contributed by atoms with E-state index < -0.39 is 21.6 Å². The lowest BCUT2D eigenvalue weighted by Gasteiger charge is -2.33. The van der Waals surface area contributed by atoms with Crippen molar-refractivity contribution in [2.75, 3.05) is 36.5 Å². The molecule has 1 aliphatic heterocycles. The van der Waals surface area contributed by atoms with Crippen LogP contribution in [-0.4, -0.2) is 69.5 Å². The number of aromatic nitrogens is 2. The van der Waals surface area contributed by atoms with Crippen molar-refractivity contribution in [3.8, 4) is 5.75 Å². The number of carbonyl (C=O) groups is 1. The number of carbonyl (C=O) groups excluding carboxylic acids is 1. The van der Waals surface area contributed by atoms with Gasteiger partial charge in [0.2, 0.25) is 0 Å². The SMILES string of the molecule is C=S(C)(=O)Nc1cc(C)c2c(Nc3ccc(F)cc3O[C@H](C)C(=O)N3CCC(OC)CC3)ncnc2c1. The van der Waals surface area contributed by atoms with Crippen LogP contribution in [0.1, 0.15) is 25.3 Å². The van der Waals surface area contributed by atoms with Crippen LogP contribution in [0.25, 0.3) is 10.9 Å². The van der Waals surface area contributed by atoms with Gasteiger partial charge in [0.15, 0.2) is 6.10 Å². The Hall–Kier alpha value is -3.44. The van der Waals surface area contributed by atoms with E-state index in [0.29, 0.717) is 35.8 Å². The van der Waals surface area contributed by atoms with Gasteiger partial charge in [-0.25, -0.2) is 18.6 Å². The maximum atomic E-state index is 14.2. The third-order valence-electron chi connectivity index (χ3n) is 6.20. The molecule has 2 N–H and O–H groups in total. The zero-order chi connectivity index (χ0) is 26.7. The molecule has 9 nitrogen and oxygen atoms in total. The molecule has 0 saturated carbocycles. The van der Waals surface area contributed by atoms with Gasteiger partial charge in [0, 0.05) is 53.3 Å². The summed E-state index contributed by atoms with van der Waals surface area (Å²) in [5.74, 6) is 3.66. The first-order valence-electron chi connectivity index (χ1n) is 11.9. The molecule has 37 heavy (non-hydrogen) atoms. The smallest absolute Gasteiger partial charge is 0.263 e. The summed E-state index contributed by atoms with van der Waals surface area (Å²) in [5, 5.41) is 3.95. The predicted octanol–water partition coefficient (Wildman–Crippen LogP) is 3.90. The van der Waals surface area contributed by atoms with Gasteiger partial charge in [-0.15, -0.1) is 0 Å². The normalized spacial score (nSPS) is 16.7. The number of amides is 1. The molecule has 3 aromatic rings. The maximum Gasteiger partial charge on any atom is 0.263 e. The summed E-state index contributed by atoms with van der Waals surface area (Å²) >= 11 is 0. The van der Waals surface area contributed by atoms with E-state index in [1.807, 2.05) is 13.0 Å². The standard InChI is InChI=1S/C26H32FN5O4S/c1-16-12-19(31-37(4,5)34)14-22-24(16)25(29-15-28-22)30-21-7-6-18(27)13-23(21)36-17(2)26(33)32-10-8-20(35-3)9-11-32/h6-7,12-15,17,20H,4,8-11H2,1-3,5H3,(H,31,34)(H,28,29,30)/t17-,37?/m1/s1. The van der Waals surface area contributed by atoms with E-state index >= 15 is 0 Å². The molecule has 4 rings (SSSR count). The number of benzene rings is 2. The second-order valence-corrected chi connectivity index (χ2v) is 11.5. The molecule has 2 aromatic carbocycles. The quantitative estimate of drug-likeness (QED) is 0.427. The molecule has 11 heteroatoms. The molecule has 2 atom stereocenters. The Bertz CT molecular complexity index is 1410. The van der Waals surface area contributed by atoms with Crippen molar-refractivity contribution in [1.82, 2.24) is 14.9 Å². The Morgan fingerprint density at radius 3 is 2.65 bits per heavy atom. The van der Waals surface area contributed by atoms with Gasteiger partial charge >= 0.3 is 0 Å². The van der Waals surface area contributed by atoms with E-state index in [0.717, 1.165) is 23.8 Å². The molecule has 1 unspecified atom stereocenters. The zero-order valence-corrected chi connectivity index (χ0v) is 22.2. The van der Waals surface area contributed by atoms with Crippen molar-refractivity contribution < 1.29 is 22.9 Å². The van der Waals surface area contributed by atoms with Gasteiger partial charge in [0.25, 0.3) is 5.91 Å². The zero-order valence-electron chi connectivity index (χ0n) is 21.4. The number of halogens is 1. The summed E-state index contributed by atoms with van der Waals surface area (Å²) < 4.78 is 40.5. The number of nitrogens with one attached hydrogen (secondary N) is 2. The first-order valence-corrected chi connectivity index (χ1v) is 14.1. The van der Waals surface area contributed by atoms with Crippen molar-refractivity contribution in [3.05, 3.63) is 48.0 Å². The third kappa shape index (κ3) is 6.47. The van der Waals surface area contributed by atoms with Gasteiger partial charge in [-0.1, -0.05) is 0 Å². The topological polar surface area (TPSA) is 106 Å². The fraction of sp³-hybridized carbons (Fsp3) is 0.385. The average Bonchev–Trinajstić information content (AvgIpc) is 2.84. The molecular weight excluding hydrogens is 497 g/mol. The van der Waals surface area contributed by atoms with Crippen LogP contribution in [0.2, 0.25) is 0 Å². The average molecular weight is 530 g/mol. The fourth-order valence-corrected chi connectivity index (χ4v) is 5.05. The van der Waals surface area contributed by atoms with Gasteiger partial charge in [0.05, 0.1) is 17.3 Å². The molecular formula is C26H32FN5O4S. The number of anilines is 3. The highest BCUT2D eigenvalue weighted by atomic mass is 32.2. The minimum absolute atomic E-state index is 0.155. The lowest BCUT2D eigenvalue weighted by molar-refractivity contribution is -0.140. The van der Waals surface area contributed by atoms with E-state index in [9.17, 15) is 13.4 Å². The second kappa shape index (κ2) is 10.9. The van der Waals surface area contributed by atoms with Gasteiger partial charge < -0.3 is 24.4 Å². The molecule has 0 aliphatic carbocycles. The molecule has 2 heterocycles. The first-order chi connectivity index (χ1) is 17.5. The van der Waals surface area contributed by atoms with Crippen LogP contribution >= 0.6 is 0 Å². The van der Waals surface area contributed by atoms with Crippen LogP contribution in [-0.2, 0) is 19.2 Å². The number of ether oxygens (including phenoxy) is 2. The highest BCUT2D eigenvalue weighted by Gasteiger charge is 2.27. The Balaban J connectivity index is 1.58. The summed E-state index contributed by atoms with van der Waals surface area (Å²) in [4.78, 5) is 23.5. The monoisotopic (exact) mass is 529 g/mol. The summed E-state index contributed by atoms with van der Waals surface area (Å²) in [6.07, 6.45) is 3.80. The summed E-state index contributed by atoms with van der Waals surface area (Å²) in [6.45, 7) is 4.72. The summed E-state index contributed by atoms with van der Waals surface area (Å²) in [6, 6.07) is 7.69. The van der Waals surface area contributed by atoms with Crippen LogP contribution < -0.4 is 14.8 Å². The maximum absolute atomic E-state index is 14.2. The van der Waals surface area contributed by atoms with Crippen LogP contribution in [0.3, 0.4) is 0 Å². The minimum atomic E-state index is -2.46. The number of aryl methyl sites for hydroxylation is 1. The van der Waals surface area contributed by atoms with E-state index in [2.05, 4.69) is 25.9 Å². The van der Waals surface area contributed by atoms with Gasteiger partial charge in [-0.3, -0.25) is 4.79 Å². The second-order valence-electron chi connectivity index (χ2n) is 9.30. The summed E-state index contributed by atoms with van der Waals surface area (Å²) in [5.41, 5.74) is 2.54. The molecule has 1 fully saturated rings. The van der Waals surface area contributed by atoms with Crippen LogP contribution in [0.4, 0.5) is 21.6 Å². The van der Waals surface area contributed by atoms with Gasteiger partial charge in [0.1, 0.15) is 23.7 Å². The fourth-order valence-electron chi connectivity index (χ4n) is 4.43. The summed E-state index contributed by atoms with van der Waals surface area (Å²) in [7, 11) is -0.784. The number of piperidine rings is 1. The minimum Gasteiger partial charge on any atom is -0.479 e. The van der Waals surface area contributed by atoms with Crippen molar-refractivity contribution >= 4 is 49.6 Å². The van der Waals surface area contributed by atoms with Crippen LogP contribution in [0, 0.1) is 12.7 Å². The van der Waals surface area contributed by atoms with Crippen LogP contribution in [0.5, 0.6) is 5.75 Å². The van der Waals surface area contributed by atoms with Gasteiger partial charge in [-0.2, -0.15) is 0 Å². The first kappa shape index (κ1) is 26.6. The number of hydrogen-bond donors (Lipinski definition) is 2. The highest BCUT2D eigenvalue weighted by molar-refractivity contribution is 8.00. The number of hydrogen-bond acceptors (Lipinski definition) is 7. The van der Waals surface area contributed by atoms with Crippen molar-refractivity contribution in [2.45, 2.75) is 38.9 Å². The van der Waals surface area contributed by atoms with E-state index in [1.165, 1.54) is 24.7 Å². The van der Waals surface area contributed by atoms with Crippen molar-refractivity contribution in [1.29, 1.82) is 0 Å². The van der Waals surface area contributed by atoms with Crippen LogP contribution in [0.15, 0.2) is 36.7 Å². The van der Waals surface area contributed by atoms with Crippen molar-refractivity contribution in [3.63, 3.8) is 0 Å². The molecule has 0 bridgehead atoms. The molecule has 0 radical (unpaired) electrons. The number of rotatable bonds is 8. The molecule has 1 aromatic heterocycles.